The number of nitrogens with zero attached hydrogens (tertiary/aromatic N) is 2. The van der Waals surface area contributed by atoms with Gasteiger partial charge in [-0.05, 0) is 64.8 Å². The van der Waals surface area contributed by atoms with Gasteiger partial charge >= 0.3 is 5.97 Å². The molecule has 0 bridgehead atoms. The first-order chi connectivity index (χ1) is 8.70. The molecule has 0 aromatic heterocycles. The van der Waals surface area contributed by atoms with Crippen LogP contribution in [0.25, 0.3) is 0 Å². The van der Waals surface area contributed by atoms with Crippen LogP contribution in [0.15, 0.2) is 0 Å². The number of carbonyl (C=O) groups is 1. The van der Waals surface area contributed by atoms with E-state index in [9.17, 15) is 4.79 Å². The van der Waals surface area contributed by atoms with Crippen LogP contribution in [0.1, 0.15) is 25.7 Å². The molecule has 18 heavy (non-hydrogen) atoms. The molecule has 2 saturated heterocycles. The maximum absolute atomic E-state index is 12.0. The number of rotatable bonds is 4. The van der Waals surface area contributed by atoms with Crippen molar-refractivity contribution in [3.05, 3.63) is 0 Å². The van der Waals surface area contributed by atoms with Crippen molar-refractivity contribution in [1.82, 2.24) is 9.80 Å². The maximum atomic E-state index is 12.0. The van der Waals surface area contributed by atoms with Crippen LogP contribution >= 0.6 is 0 Å². The molecule has 2 heterocycles. The van der Waals surface area contributed by atoms with Gasteiger partial charge in [0.1, 0.15) is 0 Å². The summed E-state index contributed by atoms with van der Waals surface area (Å²) >= 11 is 0. The number of likely N-dealkylation sites (tertiary alicyclic amines) is 2. The van der Waals surface area contributed by atoms with Gasteiger partial charge in [0.15, 0.2) is 0 Å². The van der Waals surface area contributed by atoms with Crippen LogP contribution in [0.4, 0.5) is 0 Å². The molecule has 0 aliphatic carbocycles. The molecule has 4 nitrogen and oxygen atoms in total. The van der Waals surface area contributed by atoms with Crippen molar-refractivity contribution in [2.75, 3.05) is 46.9 Å². The molecule has 0 N–H and O–H groups in total. The first kappa shape index (κ1) is 13.8. The Kier molecular flexibility index (Phi) is 5.01. The Morgan fingerprint density at radius 1 is 1.22 bits per heavy atom. The van der Waals surface area contributed by atoms with E-state index >= 15 is 0 Å². The molecular formula is C14H26N2O2. The smallest absolute Gasteiger partial charge is 0.310 e. The molecule has 2 fully saturated rings. The topological polar surface area (TPSA) is 32.8 Å². The van der Waals surface area contributed by atoms with Crippen molar-refractivity contribution >= 4 is 5.97 Å². The van der Waals surface area contributed by atoms with Crippen molar-refractivity contribution in [3.63, 3.8) is 0 Å². The van der Waals surface area contributed by atoms with Crippen LogP contribution in [0.3, 0.4) is 0 Å². The Morgan fingerprint density at radius 3 is 2.39 bits per heavy atom. The lowest BCUT2D eigenvalue weighted by molar-refractivity contribution is -0.148. The Morgan fingerprint density at radius 2 is 1.83 bits per heavy atom. The largest absolute Gasteiger partial charge is 0.469 e. The summed E-state index contributed by atoms with van der Waals surface area (Å²) in [6, 6.07) is 0. The molecule has 2 aliphatic rings. The van der Waals surface area contributed by atoms with E-state index in [-0.39, 0.29) is 11.9 Å². The molecule has 0 aromatic rings. The minimum atomic E-state index is -0.00328. The fourth-order valence-corrected chi connectivity index (χ4v) is 3.24. The minimum Gasteiger partial charge on any atom is -0.469 e. The highest BCUT2D eigenvalue weighted by molar-refractivity contribution is 5.73. The van der Waals surface area contributed by atoms with E-state index in [2.05, 4.69) is 16.8 Å². The summed E-state index contributed by atoms with van der Waals surface area (Å²) in [6.07, 6.45) is 4.82. The van der Waals surface area contributed by atoms with Gasteiger partial charge in [0, 0.05) is 6.54 Å². The predicted octanol–water partition coefficient (Wildman–Crippen LogP) is 1.21. The summed E-state index contributed by atoms with van der Waals surface area (Å²) in [7, 11) is 3.68. The average molecular weight is 254 g/mol. The number of methoxy groups -OCH3 is 1. The van der Waals surface area contributed by atoms with E-state index in [1.54, 1.807) is 0 Å². The van der Waals surface area contributed by atoms with E-state index < -0.39 is 0 Å². The van der Waals surface area contributed by atoms with Crippen LogP contribution in [0.5, 0.6) is 0 Å². The highest BCUT2D eigenvalue weighted by Crippen LogP contribution is 2.27. The summed E-state index contributed by atoms with van der Waals surface area (Å²) in [6.45, 7) is 5.43. The summed E-state index contributed by atoms with van der Waals surface area (Å²) in [4.78, 5) is 16.8. The highest BCUT2D eigenvalue weighted by Gasteiger charge is 2.33. The van der Waals surface area contributed by atoms with Gasteiger partial charge in [-0.25, -0.2) is 0 Å². The lowest BCUT2D eigenvalue weighted by Crippen LogP contribution is -2.41. The number of piperidine rings is 1. The molecule has 1 unspecified atom stereocenters. The molecule has 0 amide bonds. The molecule has 2 aliphatic heterocycles. The Bertz CT molecular complexity index is 269. The molecule has 0 spiro atoms. The number of hydrogen-bond donors (Lipinski definition) is 0. The van der Waals surface area contributed by atoms with Crippen molar-refractivity contribution < 1.29 is 9.53 Å². The SMILES string of the molecule is COC(=O)C(CN1CCCC1)C1CCN(C)CC1. The lowest BCUT2D eigenvalue weighted by Gasteiger charge is -2.34. The van der Waals surface area contributed by atoms with E-state index in [1.165, 1.54) is 20.0 Å². The quantitative estimate of drug-likeness (QED) is 0.706. The van der Waals surface area contributed by atoms with Gasteiger partial charge in [0.05, 0.1) is 13.0 Å². The molecule has 1 atom stereocenters. The summed E-state index contributed by atoms with van der Waals surface area (Å²) in [5, 5.41) is 0. The monoisotopic (exact) mass is 254 g/mol. The number of esters is 1. The molecule has 0 radical (unpaired) electrons. The number of ether oxygens (including phenoxy) is 1. The van der Waals surface area contributed by atoms with Gasteiger partial charge in [-0.2, -0.15) is 0 Å². The highest BCUT2D eigenvalue weighted by atomic mass is 16.5. The zero-order valence-corrected chi connectivity index (χ0v) is 11.7. The Hall–Kier alpha value is -0.610. The van der Waals surface area contributed by atoms with Crippen LogP contribution in [0, 0.1) is 11.8 Å². The number of hydrogen-bond acceptors (Lipinski definition) is 4. The second kappa shape index (κ2) is 6.53. The lowest BCUT2D eigenvalue weighted by atomic mass is 9.84. The van der Waals surface area contributed by atoms with Gasteiger partial charge in [-0.15, -0.1) is 0 Å². The van der Waals surface area contributed by atoms with E-state index in [0.717, 1.165) is 45.6 Å². The van der Waals surface area contributed by atoms with E-state index in [0.29, 0.717) is 5.92 Å². The van der Waals surface area contributed by atoms with E-state index in [1.807, 2.05) is 0 Å². The van der Waals surface area contributed by atoms with E-state index in [4.69, 9.17) is 4.74 Å². The first-order valence-electron chi connectivity index (χ1n) is 7.19. The fourth-order valence-electron chi connectivity index (χ4n) is 3.24. The van der Waals surface area contributed by atoms with Crippen LogP contribution < -0.4 is 0 Å². The van der Waals surface area contributed by atoms with Gasteiger partial charge < -0.3 is 14.5 Å². The third-order valence-electron chi connectivity index (χ3n) is 4.49. The maximum Gasteiger partial charge on any atom is 0.310 e. The molecular weight excluding hydrogens is 228 g/mol. The normalized spacial score (nSPS) is 25.2. The zero-order chi connectivity index (χ0) is 13.0. The molecule has 0 saturated carbocycles. The van der Waals surface area contributed by atoms with Crippen molar-refractivity contribution in [2.24, 2.45) is 11.8 Å². The second-order valence-electron chi connectivity index (χ2n) is 5.78. The van der Waals surface area contributed by atoms with Gasteiger partial charge in [-0.1, -0.05) is 0 Å². The number of carbonyl (C=O) groups excluding carboxylic acids is 1. The fraction of sp³-hybridized carbons (Fsp3) is 0.929. The molecule has 4 heteroatoms. The van der Waals surface area contributed by atoms with Crippen molar-refractivity contribution in [1.29, 1.82) is 0 Å². The van der Waals surface area contributed by atoms with Crippen LogP contribution in [-0.4, -0.2) is 62.7 Å². The van der Waals surface area contributed by atoms with Crippen molar-refractivity contribution in [2.45, 2.75) is 25.7 Å². The summed E-state index contributed by atoms with van der Waals surface area (Å²) in [5.74, 6) is 0.590. The standard InChI is InChI=1S/C14H26N2O2/c1-15-9-5-12(6-10-15)13(14(17)18-2)11-16-7-3-4-8-16/h12-13H,3-11H2,1-2H3. The molecule has 104 valence electrons. The molecule has 0 aromatic carbocycles. The van der Waals surface area contributed by atoms with Gasteiger partial charge in [0.25, 0.3) is 0 Å². The summed E-state index contributed by atoms with van der Waals surface area (Å²) < 4.78 is 5.02. The zero-order valence-electron chi connectivity index (χ0n) is 11.7. The van der Waals surface area contributed by atoms with Crippen LogP contribution in [-0.2, 0) is 9.53 Å². The van der Waals surface area contributed by atoms with Gasteiger partial charge in [-0.3, -0.25) is 4.79 Å². The third-order valence-corrected chi connectivity index (χ3v) is 4.49. The molecule has 2 rings (SSSR count). The predicted molar refractivity (Wildman–Crippen MR) is 71.4 cm³/mol. The Labute approximate surface area is 110 Å². The first-order valence-corrected chi connectivity index (χ1v) is 7.19. The Balaban J connectivity index is 1.93. The van der Waals surface area contributed by atoms with Gasteiger partial charge in [0.2, 0.25) is 0 Å². The third kappa shape index (κ3) is 3.45. The summed E-state index contributed by atoms with van der Waals surface area (Å²) in [5.41, 5.74) is 0. The van der Waals surface area contributed by atoms with Crippen molar-refractivity contribution in [3.8, 4) is 0 Å². The second-order valence-corrected chi connectivity index (χ2v) is 5.78. The minimum absolute atomic E-state index is 0.00328. The average Bonchev–Trinajstić information content (AvgIpc) is 2.89. The van der Waals surface area contributed by atoms with Crippen LogP contribution in [0.2, 0.25) is 0 Å².